The quantitative estimate of drug-likeness (QED) is 0.345. The van der Waals surface area contributed by atoms with Gasteiger partial charge in [-0.2, -0.15) is 23.1 Å². The van der Waals surface area contributed by atoms with Gasteiger partial charge in [-0.25, -0.2) is 9.37 Å². The van der Waals surface area contributed by atoms with Crippen LogP contribution in [0.3, 0.4) is 0 Å². The van der Waals surface area contributed by atoms with Gasteiger partial charge in [-0.15, -0.1) is 0 Å². The highest BCUT2D eigenvalue weighted by molar-refractivity contribution is 7.22. The fourth-order valence-electron chi connectivity index (χ4n) is 3.95. The van der Waals surface area contributed by atoms with Crippen LogP contribution in [0.1, 0.15) is 12.5 Å². The molecule has 1 saturated heterocycles. The monoisotopic (exact) mass is 553 g/mol. The fraction of sp³-hybridized carbons (Fsp3) is 0.417. The van der Waals surface area contributed by atoms with Gasteiger partial charge in [0.15, 0.2) is 10.8 Å². The maximum absolute atomic E-state index is 15.1. The maximum Gasteiger partial charge on any atom is 0.416 e. The van der Waals surface area contributed by atoms with Gasteiger partial charge >= 0.3 is 6.18 Å². The van der Waals surface area contributed by atoms with Crippen LogP contribution in [0.4, 0.5) is 28.6 Å². The number of aliphatic imine (C=N–C) groups is 1. The largest absolute Gasteiger partial charge is 0.416 e. The van der Waals surface area contributed by atoms with Crippen LogP contribution in [0, 0.1) is 5.82 Å². The van der Waals surface area contributed by atoms with Gasteiger partial charge in [0, 0.05) is 51.3 Å². The Morgan fingerprint density at radius 3 is 2.68 bits per heavy atom. The molecule has 2 aromatic heterocycles. The zero-order valence-electron chi connectivity index (χ0n) is 21.2. The van der Waals surface area contributed by atoms with Gasteiger partial charge in [-0.1, -0.05) is 11.3 Å². The Kier molecular flexibility index (Phi) is 8.13. The van der Waals surface area contributed by atoms with E-state index in [0.717, 1.165) is 12.1 Å². The number of hydrogen-bond acceptors (Lipinski definition) is 10. The number of thiazole rings is 1. The molecule has 0 spiro atoms. The third-order valence-electron chi connectivity index (χ3n) is 5.72. The van der Waals surface area contributed by atoms with Crippen molar-refractivity contribution in [2.75, 3.05) is 50.8 Å². The summed E-state index contributed by atoms with van der Waals surface area (Å²) < 4.78 is 66.1. The lowest BCUT2D eigenvalue weighted by molar-refractivity contribution is -0.137. The molecule has 2 N–H and O–H groups in total. The average Bonchev–Trinajstić information content (AvgIpc) is 3.30. The number of ether oxygens (including phenoxy) is 2. The van der Waals surface area contributed by atoms with E-state index in [1.54, 1.807) is 25.2 Å². The fourth-order valence-corrected chi connectivity index (χ4v) is 4.88. The van der Waals surface area contributed by atoms with E-state index in [1.165, 1.54) is 24.6 Å². The number of rotatable bonds is 7. The normalized spacial score (nSPS) is 19.1. The highest BCUT2D eigenvalue weighted by Gasteiger charge is 2.33. The molecule has 1 aliphatic rings. The molecular formula is C24H27F4N7O2S. The molecule has 1 aliphatic heterocycles. The number of benzene rings is 1. The minimum atomic E-state index is -4.67. The Morgan fingerprint density at radius 1 is 1.29 bits per heavy atom. The van der Waals surface area contributed by atoms with Crippen LogP contribution in [0.25, 0.3) is 21.6 Å². The number of anilines is 2. The summed E-state index contributed by atoms with van der Waals surface area (Å²) in [6.45, 7) is 2.75. The van der Waals surface area contributed by atoms with Gasteiger partial charge < -0.3 is 25.0 Å². The molecule has 9 nitrogen and oxygen atoms in total. The zero-order chi connectivity index (χ0) is 27.6. The second kappa shape index (κ2) is 11.2. The smallest absolute Gasteiger partial charge is 0.404 e. The lowest BCUT2D eigenvalue weighted by Crippen LogP contribution is -2.48. The van der Waals surface area contributed by atoms with E-state index in [9.17, 15) is 13.2 Å². The van der Waals surface area contributed by atoms with Gasteiger partial charge in [-0.3, -0.25) is 4.99 Å². The summed E-state index contributed by atoms with van der Waals surface area (Å²) in [7, 11) is 5.11. The molecule has 0 bridgehead atoms. The van der Waals surface area contributed by atoms with Crippen molar-refractivity contribution in [3.05, 3.63) is 41.4 Å². The lowest BCUT2D eigenvalue weighted by atomic mass is 10.1. The lowest BCUT2D eigenvalue weighted by Gasteiger charge is -2.37. The van der Waals surface area contributed by atoms with Crippen LogP contribution in [0.2, 0.25) is 0 Å². The number of morpholine rings is 1. The molecule has 0 aliphatic carbocycles. The van der Waals surface area contributed by atoms with Crippen molar-refractivity contribution in [2.24, 2.45) is 10.7 Å². The van der Waals surface area contributed by atoms with Gasteiger partial charge in [0.2, 0.25) is 5.95 Å². The van der Waals surface area contributed by atoms with Gasteiger partial charge in [-0.05, 0) is 25.1 Å². The van der Waals surface area contributed by atoms with Crippen molar-refractivity contribution < 1.29 is 27.0 Å². The van der Waals surface area contributed by atoms with E-state index in [0.29, 0.717) is 40.2 Å². The summed E-state index contributed by atoms with van der Waals surface area (Å²) in [4.78, 5) is 21.6. The Balaban J connectivity index is 1.80. The second-order valence-corrected chi connectivity index (χ2v) is 9.82. The standard InChI is InChI=1S/C24H27F4N7O2S/c1-13-10-35(11-18(37-13)14(8-29)9-30-12-36-4)22-31-19(20-21(32-22)33-23(38-20)34(2)3)16-6-5-15(7-17(16)25)24(26,27)28/h5-9,13,18H,10-12,29H2,1-4H3/t13-,18+/m0/s1. The first kappa shape index (κ1) is 27.7. The number of nitrogens with zero attached hydrogens (tertiary/aromatic N) is 6. The van der Waals surface area contributed by atoms with E-state index in [1.807, 2.05) is 11.8 Å². The summed E-state index contributed by atoms with van der Waals surface area (Å²) in [5, 5.41) is 0.593. The molecule has 38 heavy (non-hydrogen) atoms. The predicted molar refractivity (Wildman–Crippen MR) is 139 cm³/mol. The van der Waals surface area contributed by atoms with Gasteiger partial charge in [0.25, 0.3) is 0 Å². The number of alkyl halides is 3. The zero-order valence-corrected chi connectivity index (χ0v) is 22.0. The Labute approximate surface area is 220 Å². The van der Waals surface area contributed by atoms with Crippen LogP contribution < -0.4 is 15.5 Å². The first-order valence-corrected chi connectivity index (χ1v) is 12.4. The van der Waals surface area contributed by atoms with E-state index in [4.69, 9.17) is 15.2 Å². The number of fused-ring (bicyclic) bond motifs is 1. The predicted octanol–water partition coefficient (Wildman–Crippen LogP) is 4.09. The highest BCUT2D eigenvalue weighted by atomic mass is 32.1. The van der Waals surface area contributed by atoms with Gasteiger partial charge in [0.05, 0.1) is 23.9 Å². The number of hydrogen-bond donors (Lipinski definition) is 1. The van der Waals surface area contributed by atoms with Crippen molar-refractivity contribution in [1.82, 2.24) is 15.0 Å². The molecular weight excluding hydrogens is 526 g/mol. The van der Waals surface area contributed by atoms with E-state index >= 15 is 4.39 Å². The number of aromatic nitrogens is 3. The number of halogens is 4. The molecule has 14 heteroatoms. The Morgan fingerprint density at radius 2 is 2.05 bits per heavy atom. The van der Waals surface area contributed by atoms with Crippen molar-refractivity contribution in [3.8, 4) is 11.3 Å². The molecule has 204 valence electrons. The highest BCUT2D eigenvalue weighted by Crippen LogP contribution is 2.38. The summed E-state index contributed by atoms with van der Waals surface area (Å²) >= 11 is 1.22. The number of nitrogens with two attached hydrogens (primary N) is 1. The van der Waals surface area contributed by atoms with Crippen LogP contribution in [0.15, 0.2) is 35.0 Å². The average molecular weight is 554 g/mol. The summed E-state index contributed by atoms with van der Waals surface area (Å²) in [5.74, 6) is -0.797. The molecule has 2 atom stereocenters. The SMILES string of the molecule is COCN=CC(=CN)[C@H]1CN(c2nc(-c3ccc(C(F)(F)F)cc3F)c3sc(N(C)C)nc3n2)C[C@H](C)O1. The van der Waals surface area contributed by atoms with E-state index < -0.39 is 23.7 Å². The van der Waals surface area contributed by atoms with E-state index in [2.05, 4.69) is 19.9 Å². The summed E-state index contributed by atoms with van der Waals surface area (Å²) in [6, 6.07) is 2.40. The molecule has 0 saturated carbocycles. The van der Waals surface area contributed by atoms with Gasteiger partial charge in [0.1, 0.15) is 23.4 Å². The van der Waals surface area contributed by atoms with Crippen LogP contribution in [-0.2, 0) is 15.7 Å². The van der Waals surface area contributed by atoms with E-state index in [-0.39, 0.29) is 30.0 Å². The molecule has 0 unspecified atom stereocenters. The number of methoxy groups -OCH3 is 1. The summed E-state index contributed by atoms with van der Waals surface area (Å²) in [5.41, 5.74) is 5.76. The summed E-state index contributed by atoms with van der Waals surface area (Å²) in [6.07, 6.45) is -2.42. The molecule has 1 aromatic carbocycles. The molecule has 0 amide bonds. The van der Waals surface area contributed by atoms with Crippen molar-refractivity contribution in [2.45, 2.75) is 25.3 Å². The minimum absolute atomic E-state index is 0.0762. The molecule has 0 radical (unpaired) electrons. The Hall–Kier alpha value is -3.36. The van der Waals surface area contributed by atoms with Crippen molar-refractivity contribution in [3.63, 3.8) is 0 Å². The van der Waals surface area contributed by atoms with Crippen molar-refractivity contribution >= 4 is 39.0 Å². The molecule has 3 aromatic rings. The minimum Gasteiger partial charge on any atom is -0.404 e. The third-order valence-corrected chi connectivity index (χ3v) is 6.94. The second-order valence-electron chi connectivity index (χ2n) is 8.84. The topological polar surface area (TPSA) is 102 Å². The first-order valence-electron chi connectivity index (χ1n) is 11.6. The molecule has 4 rings (SSSR count). The molecule has 1 fully saturated rings. The van der Waals surface area contributed by atoms with Crippen LogP contribution >= 0.6 is 11.3 Å². The third kappa shape index (κ3) is 5.87. The van der Waals surface area contributed by atoms with Crippen molar-refractivity contribution in [1.29, 1.82) is 0 Å². The maximum atomic E-state index is 15.1. The first-order chi connectivity index (χ1) is 18.0. The Bertz CT molecular complexity index is 1360. The molecule has 3 heterocycles. The van der Waals surface area contributed by atoms with Crippen LogP contribution in [0.5, 0.6) is 0 Å². The van der Waals surface area contributed by atoms with Crippen LogP contribution in [-0.4, -0.2) is 74.4 Å².